The lowest BCUT2D eigenvalue weighted by atomic mass is 10.1. The largest absolute Gasteiger partial charge is 0.382 e. The first-order valence-electron chi connectivity index (χ1n) is 11.3. The number of piperazine rings is 1. The van der Waals surface area contributed by atoms with Gasteiger partial charge in [0.1, 0.15) is 10.7 Å². The number of anilines is 5. The number of nitrogens with zero attached hydrogens (tertiary/aromatic N) is 3. The summed E-state index contributed by atoms with van der Waals surface area (Å²) in [5.41, 5.74) is 9.26. The van der Waals surface area contributed by atoms with E-state index < -0.39 is 0 Å². The van der Waals surface area contributed by atoms with Gasteiger partial charge in [-0.1, -0.05) is 11.3 Å². The second-order valence-corrected chi connectivity index (χ2v) is 9.61. The summed E-state index contributed by atoms with van der Waals surface area (Å²) in [6.07, 6.45) is 0. The summed E-state index contributed by atoms with van der Waals surface area (Å²) in [6.45, 7) is 10.1. The first kappa shape index (κ1) is 23.7. The number of carbonyl (C=O) groups excluding carboxylic acids is 2. The van der Waals surface area contributed by atoms with Crippen molar-refractivity contribution in [3.8, 4) is 0 Å². The van der Waals surface area contributed by atoms with Crippen molar-refractivity contribution in [2.45, 2.75) is 26.8 Å². The van der Waals surface area contributed by atoms with E-state index in [0.29, 0.717) is 27.3 Å². The van der Waals surface area contributed by atoms with Crippen molar-refractivity contribution in [1.82, 2.24) is 9.88 Å². The van der Waals surface area contributed by atoms with Crippen molar-refractivity contribution in [3.05, 3.63) is 59.0 Å². The second kappa shape index (κ2) is 10.2. The number of hydrogen-bond acceptors (Lipinski definition) is 8. The molecule has 0 saturated carbocycles. The quantitative estimate of drug-likeness (QED) is 0.438. The van der Waals surface area contributed by atoms with Crippen LogP contribution < -0.4 is 21.3 Å². The van der Waals surface area contributed by atoms with Crippen LogP contribution in [-0.4, -0.2) is 53.8 Å². The highest BCUT2D eigenvalue weighted by Gasteiger charge is 2.20. The summed E-state index contributed by atoms with van der Waals surface area (Å²) in [6, 6.07) is 15.5. The van der Waals surface area contributed by atoms with E-state index in [4.69, 9.17) is 5.73 Å². The number of amides is 1. The highest BCUT2D eigenvalue weighted by Crippen LogP contribution is 2.30. The summed E-state index contributed by atoms with van der Waals surface area (Å²) in [4.78, 5) is 33.7. The van der Waals surface area contributed by atoms with Gasteiger partial charge < -0.3 is 21.3 Å². The van der Waals surface area contributed by atoms with Gasteiger partial charge in [0.15, 0.2) is 5.13 Å². The van der Waals surface area contributed by atoms with E-state index in [1.165, 1.54) is 23.9 Å². The Balaban J connectivity index is 1.40. The van der Waals surface area contributed by atoms with Crippen LogP contribution >= 0.6 is 11.3 Å². The number of ketones is 1. The third kappa shape index (κ3) is 5.55. The number of carbonyl (C=O) groups is 2. The normalized spacial score (nSPS) is 14.3. The maximum Gasteiger partial charge on any atom is 0.221 e. The summed E-state index contributed by atoms with van der Waals surface area (Å²) in [5, 5.41) is 6.50. The minimum absolute atomic E-state index is 0.164. The van der Waals surface area contributed by atoms with Crippen LogP contribution in [0.25, 0.3) is 0 Å². The number of thiazole rings is 1. The van der Waals surface area contributed by atoms with Crippen molar-refractivity contribution >= 4 is 51.0 Å². The van der Waals surface area contributed by atoms with Gasteiger partial charge in [-0.05, 0) is 62.4 Å². The predicted molar refractivity (Wildman–Crippen MR) is 139 cm³/mol. The minimum atomic E-state index is -0.201. The Hall–Kier alpha value is -3.43. The van der Waals surface area contributed by atoms with Gasteiger partial charge >= 0.3 is 0 Å². The number of hydrogen-bond donors (Lipinski definition) is 3. The molecule has 1 aliphatic heterocycles. The Morgan fingerprint density at radius 2 is 1.59 bits per heavy atom. The highest BCUT2D eigenvalue weighted by atomic mass is 32.1. The van der Waals surface area contributed by atoms with E-state index in [9.17, 15) is 9.59 Å². The zero-order valence-corrected chi connectivity index (χ0v) is 20.5. The van der Waals surface area contributed by atoms with Crippen molar-refractivity contribution in [3.63, 3.8) is 0 Å². The minimum Gasteiger partial charge on any atom is -0.382 e. The smallest absolute Gasteiger partial charge is 0.221 e. The third-order valence-corrected chi connectivity index (χ3v) is 6.84. The molecule has 34 heavy (non-hydrogen) atoms. The molecule has 8 nitrogen and oxygen atoms in total. The van der Waals surface area contributed by atoms with Crippen LogP contribution in [0.3, 0.4) is 0 Å². The standard InChI is InChI=1S/C25H30N6O2S/c1-16(2)30-12-14-31(15-13-30)21-10-8-20(9-11-21)28-25-29-24(26)23(34-25)22(33)18-4-6-19(7-5-18)27-17(3)32/h4-11,16H,12-15,26H2,1-3H3,(H,27,32)(H,28,29). The summed E-state index contributed by atoms with van der Waals surface area (Å²) < 4.78 is 0. The highest BCUT2D eigenvalue weighted by molar-refractivity contribution is 7.18. The number of rotatable bonds is 7. The molecule has 1 saturated heterocycles. The van der Waals surface area contributed by atoms with Crippen LogP contribution in [0.5, 0.6) is 0 Å². The molecule has 0 bridgehead atoms. The van der Waals surface area contributed by atoms with E-state index in [1.807, 2.05) is 12.1 Å². The summed E-state index contributed by atoms with van der Waals surface area (Å²) in [5.74, 6) is -0.167. The van der Waals surface area contributed by atoms with Crippen molar-refractivity contribution < 1.29 is 9.59 Å². The molecule has 0 aliphatic carbocycles. The molecule has 1 aromatic heterocycles. The van der Waals surface area contributed by atoms with Gasteiger partial charge in [-0.15, -0.1) is 0 Å². The SMILES string of the molecule is CC(=O)Nc1ccc(C(=O)c2sc(Nc3ccc(N4CCN(C(C)C)CC4)cc3)nc2N)cc1. The molecule has 3 aromatic rings. The van der Waals surface area contributed by atoms with Crippen LogP contribution in [0, 0.1) is 0 Å². The van der Waals surface area contributed by atoms with E-state index in [1.54, 1.807) is 24.3 Å². The molecular formula is C25H30N6O2S. The Morgan fingerprint density at radius 1 is 0.971 bits per heavy atom. The number of nitrogens with one attached hydrogen (secondary N) is 2. The fraction of sp³-hybridized carbons (Fsp3) is 0.320. The molecule has 0 radical (unpaired) electrons. The fourth-order valence-corrected chi connectivity index (χ4v) is 4.83. The zero-order valence-electron chi connectivity index (χ0n) is 19.7. The van der Waals surface area contributed by atoms with Gasteiger partial charge in [-0.25, -0.2) is 4.98 Å². The van der Waals surface area contributed by atoms with Gasteiger partial charge in [0.25, 0.3) is 0 Å². The maximum absolute atomic E-state index is 12.9. The second-order valence-electron chi connectivity index (χ2n) is 8.61. The van der Waals surface area contributed by atoms with Crippen LogP contribution in [0.1, 0.15) is 36.0 Å². The number of nitrogens with two attached hydrogens (primary N) is 1. The van der Waals surface area contributed by atoms with Gasteiger partial charge in [-0.3, -0.25) is 14.5 Å². The fourth-order valence-electron chi connectivity index (χ4n) is 3.96. The lowest BCUT2D eigenvalue weighted by molar-refractivity contribution is -0.114. The average molecular weight is 479 g/mol. The number of aromatic nitrogens is 1. The Bertz CT molecular complexity index is 1150. The lowest BCUT2D eigenvalue weighted by Crippen LogP contribution is -2.48. The first-order valence-corrected chi connectivity index (χ1v) is 12.2. The Kier molecular flexibility index (Phi) is 7.14. The average Bonchev–Trinajstić information content (AvgIpc) is 3.19. The molecule has 0 atom stereocenters. The molecule has 2 heterocycles. The molecule has 4 N–H and O–H groups in total. The zero-order chi connectivity index (χ0) is 24.2. The van der Waals surface area contributed by atoms with Gasteiger partial charge in [0.2, 0.25) is 11.7 Å². The molecule has 1 amide bonds. The predicted octanol–water partition coefficient (Wildman–Crippen LogP) is 4.19. The molecule has 2 aromatic carbocycles. The Labute approximate surface area is 203 Å². The number of nitrogen functional groups attached to an aromatic ring is 1. The molecule has 178 valence electrons. The third-order valence-electron chi connectivity index (χ3n) is 5.86. The topological polar surface area (TPSA) is 104 Å². The lowest BCUT2D eigenvalue weighted by Gasteiger charge is -2.38. The van der Waals surface area contributed by atoms with E-state index in [2.05, 4.69) is 51.4 Å². The van der Waals surface area contributed by atoms with Crippen LogP contribution in [0.4, 0.5) is 28.0 Å². The summed E-state index contributed by atoms with van der Waals surface area (Å²) in [7, 11) is 0. The van der Waals surface area contributed by atoms with Crippen LogP contribution in [-0.2, 0) is 4.79 Å². The maximum atomic E-state index is 12.9. The molecule has 0 spiro atoms. The van der Waals surface area contributed by atoms with Crippen molar-refractivity contribution in [2.24, 2.45) is 0 Å². The first-order chi connectivity index (χ1) is 16.3. The molecule has 0 unspecified atom stereocenters. The van der Waals surface area contributed by atoms with Gasteiger partial charge in [0, 0.05) is 61.8 Å². The molecular weight excluding hydrogens is 448 g/mol. The molecule has 1 aliphatic rings. The monoisotopic (exact) mass is 478 g/mol. The molecule has 1 fully saturated rings. The Morgan fingerprint density at radius 3 is 2.18 bits per heavy atom. The van der Waals surface area contributed by atoms with Crippen LogP contribution in [0.2, 0.25) is 0 Å². The van der Waals surface area contributed by atoms with Crippen molar-refractivity contribution in [1.29, 1.82) is 0 Å². The summed E-state index contributed by atoms with van der Waals surface area (Å²) >= 11 is 1.22. The molecule has 4 rings (SSSR count). The van der Waals surface area contributed by atoms with Gasteiger partial charge in [-0.2, -0.15) is 0 Å². The van der Waals surface area contributed by atoms with Crippen molar-refractivity contribution in [2.75, 3.05) is 47.4 Å². The molecule has 9 heteroatoms. The van der Waals surface area contributed by atoms with E-state index in [-0.39, 0.29) is 17.5 Å². The number of benzene rings is 2. The van der Waals surface area contributed by atoms with Gasteiger partial charge in [0.05, 0.1) is 0 Å². The van der Waals surface area contributed by atoms with E-state index >= 15 is 0 Å². The van der Waals surface area contributed by atoms with Crippen LogP contribution in [0.15, 0.2) is 48.5 Å². The van der Waals surface area contributed by atoms with E-state index in [0.717, 1.165) is 31.9 Å².